The summed E-state index contributed by atoms with van der Waals surface area (Å²) in [5.41, 5.74) is 3.65. The second kappa shape index (κ2) is 5.81. The Bertz CT molecular complexity index is 349. The van der Waals surface area contributed by atoms with Gasteiger partial charge in [0, 0.05) is 13.0 Å². The number of amides is 1. The molecule has 1 rings (SSSR count). The molecule has 1 aromatic rings. The number of hydrogen-bond donors (Lipinski definition) is 2. The Morgan fingerprint density at radius 2 is 2.13 bits per heavy atom. The van der Waals surface area contributed by atoms with Gasteiger partial charge in [-0.25, -0.2) is 0 Å². The molecule has 0 saturated heterocycles. The molecule has 0 atom stereocenters. The third-order valence-electron chi connectivity index (χ3n) is 2.31. The lowest BCUT2D eigenvalue weighted by Gasteiger charge is -2.08. The highest BCUT2D eigenvalue weighted by Crippen LogP contribution is 2.09. The Morgan fingerprint density at radius 3 is 2.73 bits per heavy atom. The van der Waals surface area contributed by atoms with Crippen molar-refractivity contribution in [1.82, 2.24) is 5.32 Å². The molecule has 0 heterocycles. The number of carbonyl (C=O) groups excluding carboxylic acids is 1. The van der Waals surface area contributed by atoms with Crippen molar-refractivity contribution in [2.24, 2.45) is 0 Å². The summed E-state index contributed by atoms with van der Waals surface area (Å²) in [6.45, 7) is 4.74. The molecule has 0 fully saturated rings. The minimum absolute atomic E-state index is 0.0602. The zero-order valence-electron chi connectivity index (χ0n) is 9.21. The molecule has 0 spiro atoms. The molecular formula is C12H17NOS. The van der Waals surface area contributed by atoms with Crippen molar-refractivity contribution in [3.63, 3.8) is 0 Å². The Labute approximate surface area is 96.5 Å². The molecule has 0 aliphatic rings. The van der Waals surface area contributed by atoms with Crippen molar-refractivity contribution >= 4 is 18.5 Å². The fourth-order valence-corrected chi connectivity index (χ4v) is 1.63. The lowest BCUT2D eigenvalue weighted by atomic mass is 10.1. The Balaban J connectivity index is 2.54. The van der Waals surface area contributed by atoms with Gasteiger partial charge in [-0.05, 0) is 30.7 Å². The minimum Gasteiger partial charge on any atom is -0.352 e. The zero-order valence-corrected chi connectivity index (χ0v) is 10.1. The van der Waals surface area contributed by atoms with Gasteiger partial charge in [-0.1, -0.05) is 23.8 Å². The molecule has 0 bridgehead atoms. The van der Waals surface area contributed by atoms with Crippen molar-refractivity contribution < 1.29 is 4.79 Å². The van der Waals surface area contributed by atoms with Gasteiger partial charge in [-0.2, -0.15) is 12.6 Å². The largest absolute Gasteiger partial charge is 0.352 e. The highest BCUT2D eigenvalue weighted by Gasteiger charge is 2.01. The molecule has 15 heavy (non-hydrogen) atoms. The zero-order chi connectivity index (χ0) is 11.3. The fourth-order valence-electron chi connectivity index (χ4n) is 1.43. The van der Waals surface area contributed by atoms with Gasteiger partial charge in [0.2, 0.25) is 5.91 Å². The van der Waals surface area contributed by atoms with Gasteiger partial charge in [-0.3, -0.25) is 4.79 Å². The Hall–Kier alpha value is -0.960. The third-order valence-corrected chi connectivity index (χ3v) is 2.54. The van der Waals surface area contributed by atoms with E-state index in [1.54, 1.807) is 0 Å². The molecule has 0 radical (unpaired) electrons. The normalized spacial score (nSPS) is 10.1. The first kappa shape index (κ1) is 12.1. The molecule has 0 aliphatic carbocycles. The summed E-state index contributed by atoms with van der Waals surface area (Å²) in [6, 6.07) is 6.25. The van der Waals surface area contributed by atoms with Crippen molar-refractivity contribution in [2.45, 2.75) is 26.8 Å². The first-order valence-corrected chi connectivity index (χ1v) is 5.70. The lowest BCUT2D eigenvalue weighted by molar-refractivity contribution is -0.120. The van der Waals surface area contributed by atoms with Crippen molar-refractivity contribution in [3.05, 3.63) is 34.9 Å². The SMILES string of the molecule is Cc1ccc(CNC(=O)CCS)c(C)c1. The van der Waals surface area contributed by atoms with Crippen molar-refractivity contribution in [1.29, 1.82) is 0 Å². The standard InChI is InChI=1S/C12H17NOS/c1-9-3-4-11(10(2)7-9)8-13-12(14)5-6-15/h3-4,7,15H,5-6,8H2,1-2H3,(H,13,14). The molecule has 1 amide bonds. The van der Waals surface area contributed by atoms with E-state index in [-0.39, 0.29) is 5.91 Å². The van der Waals surface area contributed by atoms with Gasteiger partial charge >= 0.3 is 0 Å². The first-order chi connectivity index (χ1) is 7.13. The maximum atomic E-state index is 11.2. The van der Waals surface area contributed by atoms with Crippen LogP contribution in [0, 0.1) is 13.8 Å². The van der Waals surface area contributed by atoms with Gasteiger partial charge in [-0.15, -0.1) is 0 Å². The van der Waals surface area contributed by atoms with E-state index in [0.717, 1.165) is 0 Å². The van der Waals surface area contributed by atoms with E-state index < -0.39 is 0 Å². The van der Waals surface area contributed by atoms with Crippen molar-refractivity contribution in [3.8, 4) is 0 Å². The highest BCUT2D eigenvalue weighted by molar-refractivity contribution is 7.80. The summed E-state index contributed by atoms with van der Waals surface area (Å²) in [4.78, 5) is 11.2. The molecule has 3 heteroatoms. The molecule has 2 nitrogen and oxygen atoms in total. The van der Waals surface area contributed by atoms with Crippen LogP contribution in [0.5, 0.6) is 0 Å². The number of carbonyl (C=O) groups is 1. The molecule has 1 N–H and O–H groups in total. The summed E-state index contributed by atoms with van der Waals surface area (Å²) in [5.74, 6) is 0.656. The van der Waals surface area contributed by atoms with E-state index in [4.69, 9.17) is 0 Å². The van der Waals surface area contributed by atoms with Gasteiger partial charge in [0.1, 0.15) is 0 Å². The van der Waals surface area contributed by atoms with Crippen LogP contribution in [0.1, 0.15) is 23.1 Å². The van der Waals surface area contributed by atoms with Gasteiger partial charge < -0.3 is 5.32 Å². The number of thiol groups is 1. The summed E-state index contributed by atoms with van der Waals surface area (Å²) < 4.78 is 0. The van der Waals surface area contributed by atoms with Crippen LogP contribution in [0.3, 0.4) is 0 Å². The molecule has 82 valence electrons. The number of aryl methyl sites for hydroxylation is 2. The average molecular weight is 223 g/mol. The van der Waals surface area contributed by atoms with E-state index in [2.05, 4.69) is 50.0 Å². The van der Waals surface area contributed by atoms with E-state index >= 15 is 0 Å². The minimum atomic E-state index is 0.0602. The molecular weight excluding hydrogens is 206 g/mol. The van der Waals surface area contributed by atoms with E-state index in [1.165, 1.54) is 16.7 Å². The summed E-state index contributed by atoms with van der Waals surface area (Å²) in [5, 5.41) is 2.87. The van der Waals surface area contributed by atoms with Gasteiger partial charge in [0.05, 0.1) is 0 Å². The summed E-state index contributed by atoms with van der Waals surface area (Å²) in [6.07, 6.45) is 0.480. The van der Waals surface area contributed by atoms with Crippen LogP contribution in [-0.4, -0.2) is 11.7 Å². The lowest BCUT2D eigenvalue weighted by Crippen LogP contribution is -2.23. The van der Waals surface area contributed by atoms with Crippen LogP contribution < -0.4 is 5.32 Å². The van der Waals surface area contributed by atoms with Crippen LogP contribution in [0.4, 0.5) is 0 Å². The molecule has 0 aliphatic heterocycles. The van der Waals surface area contributed by atoms with E-state index in [0.29, 0.717) is 18.7 Å². The third kappa shape index (κ3) is 3.96. The smallest absolute Gasteiger partial charge is 0.221 e. The molecule has 0 unspecified atom stereocenters. The average Bonchev–Trinajstić information content (AvgIpc) is 2.17. The topological polar surface area (TPSA) is 29.1 Å². The first-order valence-electron chi connectivity index (χ1n) is 5.07. The number of nitrogens with one attached hydrogen (secondary N) is 1. The van der Waals surface area contributed by atoms with Crippen LogP contribution in [0.2, 0.25) is 0 Å². The van der Waals surface area contributed by atoms with Crippen LogP contribution in [0.15, 0.2) is 18.2 Å². The quantitative estimate of drug-likeness (QED) is 0.753. The van der Waals surface area contributed by atoms with Crippen LogP contribution >= 0.6 is 12.6 Å². The number of rotatable bonds is 4. The monoisotopic (exact) mass is 223 g/mol. The Morgan fingerprint density at radius 1 is 1.40 bits per heavy atom. The molecule has 0 aromatic heterocycles. The van der Waals surface area contributed by atoms with Gasteiger partial charge in [0.25, 0.3) is 0 Å². The maximum Gasteiger partial charge on any atom is 0.221 e. The number of hydrogen-bond acceptors (Lipinski definition) is 2. The second-order valence-corrected chi connectivity index (χ2v) is 4.13. The number of benzene rings is 1. The van der Waals surface area contributed by atoms with Crippen LogP contribution in [-0.2, 0) is 11.3 Å². The highest BCUT2D eigenvalue weighted by atomic mass is 32.1. The fraction of sp³-hybridized carbons (Fsp3) is 0.417. The molecule has 0 saturated carbocycles. The predicted octanol–water partition coefficient (Wildman–Crippen LogP) is 2.24. The molecule has 1 aromatic carbocycles. The van der Waals surface area contributed by atoms with Crippen molar-refractivity contribution in [2.75, 3.05) is 5.75 Å². The second-order valence-electron chi connectivity index (χ2n) is 3.68. The summed E-state index contributed by atoms with van der Waals surface area (Å²) >= 11 is 4.01. The van der Waals surface area contributed by atoms with E-state index in [1.807, 2.05) is 0 Å². The predicted molar refractivity (Wildman–Crippen MR) is 66.2 cm³/mol. The maximum absolute atomic E-state index is 11.2. The van der Waals surface area contributed by atoms with Crippen LogP contribution in [0.25, 0.3) is 0 Å². The summed E-state index contributed by atoms with van der Waals surface area (Å²) in [7, 11) is 0. The Kier molecular flexibility index (Phi) is 4.69. The van der Waals surface area contributed by atoms with Gasteiger partial charge in [0.15, 0.2) is 0 Å². The van der Waals surface area contributed by atoms with E-state index in [9.17, 15) is 4.79 Å².